The number of aromatic nitrogens is 2. The first-order valence-electron chi connectivity index (χ1n) is 4.92. The topological polar surface area (TPSA) is 110 Å². The number of carboxylic acids is 1. The summed E-state index contributed by atoms with van der Waals surface area (Å²) in [6.45, 7) is -0.00597. The summed E-state index contributed by atoms with van der Waals surface area (Å²) in [5.74, 6) is -1.37. The summed E-state index contributed by atoms with van der Waals surface area (Å²) in [5, 5.41) is 15.2. The molecule has 1 aliphatic carbocycles. The number of anilines is 1. The third kappa shape index (κ3) is 2.30. The van der Waals surface area contributed by atoms with Crippen LogP contribution in [0.25, 0.3) is 0 Å². The lowest BCUT2D eigenvalue weighted by atomic mass is 10.4. The van der Waals surface area contributed by atoms with E-state index in [1.165, 1.54) is 10.9 Å². The van der Waals surface area contributed by atoms with Crippen LogP contribution in [0.1, 0.15) is 23.3 Å². The Hall–Kier alpha value is -2.05. The van der Waals surface area contributed by atoms with E-state index >= 15 is 0 Å². The van der Waals surface area contributed by atoms with E-state index in [1.54, 1.807) is 0 Å². The summed E-state index contributed by atoms with van der Waals surface area (Å²) in [6, 6.07) is 0.277. The lowest BCUT2D eigenvalue weighted by molar-refractivity contribution is -0.122. The zero-order chi connectivity index (χ0) is 11.7. The lowest BCUT2D eigenvalue weighted by Gasteiger charge is -2.02. The van der Waals surface area contributed by atoms with Crippen LogP contribution < -0.4 is 11.1 Å². The lowest BCUT2D eigenvalue weighted by Crippen LogP contribution is -2.29. The summed E-state index contributed by atoms with van der Waals surface area (Å²) < 4.78 is 1.23. The summed E-state index contributed by atoms with van der Waals surface area (Å²) in [4.78, 5) is 22.0. The molecule has 1 aromatic heterocycles. The molecule has 0 radical (unpaired) electrons. The van der Waals surface area contributed by atoms with E-state index in [1.807, 2.05) is 0 Å². The maximum absolute atomic E-state index is 11.4. The van der Waals surface area contributed by atoms with Gasteiger partial charge in [-0.15, -0.1) is 0 Å². The smallest absolute Gasteiger partial charge is 0.358 e. The number of rotatable bonds is 4. The van der Waals surface area contributed by atoms with Crippen LogP contribution in [0.15, 0.2) is 6.20 Å². The molecule has 4 N–H and O–H groups in total. The molecule has 7 heteroatoms. The van der Waals surface area contributed by atoms with Crippen molar-refractivity contribution in [1.29, 1.82) is 0 Å². The van der Waals surface area contributed by atoms with Gasteiger partial charge < -0.3 is 16.2 Å². The Morgan fingerprint density at radius 2 is 2.31 bits per heavy atom. The molecule has 0 aromatic carbocycles. The third-order valence-electron chi connectivity index (χ3n) is 2.24. The fourth-order valence-electron chi connectivity index (χ4n) is 1.33. The van der Waals surface area contributed by atoms with Gasteiger partial charge in [-0.05, 0) is 12.8 Å². The second-order valence-corrected chi connectivity index (χ2v) is 3.78. The van der Waals surface area contributed by atoms with Gasteiger partial charge in [-0.1, -0.05) is 0 Å². The van der Waals surface area contributed by atoms with Crippen molar-refractivity contribution in [3.05, 3.63) is 11.9 Å². The molecule has 0 unspecified atom stereocenters. The van der Waals surface area contributed by atoms with Crippen molar-refractivity contribution < 1.29 is 14.7 Å². The first-order valence-corrected chi connectivity index (χ1v) is 4.92. The molecule has 0 atom stereocenters. The summed E-state index contributed by atoms with van der Waals surface area (Å²) >= 11 is 0. The Labute approximate surface area is 91.2 Å². The van der Waals surface area contributed by atoms with Gasteiger partial charge >= 0.3 is 5.97 Å². The van der Waals surface area contributed by atoms with Crippen LogP contribution in [-0.2, 0) is 11.3 Å². The third-order valence-corrected chi connectivity index (χ3v) is 2.24. The van der Waals surface area contributed by atoms with Crippen LogP contribution in [0.4, 0.5) is 5.69 Å². The molecular weight excluding hydrogens is 212 g/mol. The highest BCUT2D eigenvalue weighted by Crippen LogP contribution is 2.18. The minimum absolute atomic E-state index is 0.00597. The molecule has 1 aliphatic rings. The monoisotopic (exact) mass is 224 g/mol. The Kier molecular flexibility index (Phi) is 2.51. The van der Waals surface area contributed by atoms with E-state index in [9.17, 15) is 9.59 Å². The van der Waals surface area contributed by atoms with Gasteiger partial charge in [-0.3, -0.25) is 9.48 Å². The van der Waals surface area contributed by atoms with Crippen molar-refractivity contribution >= 4 is 17.6 Å². The quantitative estimate of drug-likeness (QED) is 0.635. The highest BCUT2D eigenvalue weighted by molar-refractivity contribution is 5.91. The largest absolute Gasteiger partial charge is 0.476 e. The summed E-state index contributed by atoms with van der Waals surface area (Å²) in [5.41, 5.74) is 5.27. The van der Waals surface area contributed by atoms with Gasteiger partial charge in [0.15, 0.2) is 5.69 Å². The average Bonchev–Trinajstić information content (AvgIpc) is 2.89. The maximum atomic E-state index is 11.4. The average molecular weight is 224 g/mol. The molecule has 0 saturated heterocycles. The number of carbonyl (C=O) groups excluding carboxylic acids is 1. The molecule has 1 amide bonds. The van der Waals surface area contributed by atoms with Crippen molar-refractivity contribution in [2.75, 3.05) is 5.73 Å². The normalized spacial score (nSPS) is 14.8. The van der Waals surface area contributed by atoms with Crippen molar-refractivity contribution in [2.45, 2.75) is 25.4 Å². The van der Waals surface area contributed by atoms with Crippen molar-refractivity contribution in [3.8, 4) is 0 Å². The number of carbonyl (C=O) groups is 2. The number of hydrogen-bond donors (Lipinski definition) is 3. The van der Waals surface area contributed by atoms with Gasteiger partial charge in [0.1, 0.15) is 6.54 Å². The fraction of sp³-hybridized carbons (Fsp3) is 0.444. The molecule has 0 aliphatic heterocycles. The number of nitrogen functional groups attached to an aromatic ring is 1. The maximum Gasteiger partial charge on any atom is 0.358 e. The first kappa shape index (κ1) is 10.5. The standard InChI is InChI=1S/C9H12N4O3/c10-6-3-13(12-8(6)9(15)16)4-7(14)11-5-1-2-5/h3,5H,1-2,4,10H2,(H,11,14)(H,15,16). The van der Waals surface area contributed by atoms with E-state index in [0.29, 0.717) is 0 Å². The molecule has 1 aromatic rings. The zero-order valence-corrected chi connectivity index (χ0v) is 8.51. The molecule has 0 spiro atoms. The highest BCUT2D eigenvalue weighted by atomic mass is 16.4. The van der Waals surface area contributed by atoms with Crippen molar-refractivity contribution in [3.63, 3.8) is 0 Å². The number of carboxylic acid groups (broad SMARTS) is 1. The molecule has 1 saturated carbocycles. The molecule has 86 valence electrons. The molecule has 7 nitrogen and oxygen atoms in total. The predicted molar refractivity (Wildman–Crippen MR) is 54.8 cm³/mol. The molecular formula is C9H12N4O3. The highest BCUT2D eigenvalue weighted by Gasteiger charge is 2.23. The van der Waals surface area contributed by atoms with E-state index in [4.69, 9.17) is 10.8 Å². The Balaban J connectivity index is 2.00. The zero-order valence-electron chi connectivity index (χ0n) is 8.51. The Morgan fingerprint density at radius 3 is 2.81 bits per heavy atom. The first-order chi connectivity index (χ1) is 7.56. The van der Waals surface area contributed by atoms with Crippen LogP contribution >= 0.6 is 0 Å². The second kappa shape index (κ2) is 3.84. The van der Waals surface area contributed by atoms with Gasteiger partial charge in [0.2, 0.25) is 5.91 Å². The van der Waals surface area contributed by atoms with Gasteiger partial charge in [-0.2, -0.15) is 5.10 Å². The molecule has 1 fully saturated rings. The van der Waals surface area contributed by atoms with E-state index in [0.717, 1.165) is 12.8 Å². The predicted octanol–water partition coefficient (Wildman–Crippen LogP) is -0.558. The molecule has 16 heavy (non-hydrogen) atoms. The van der Waals surface area contributed by atoms with E-state index < -0.39 is 5.97 Å². The number of nitrogens with one attached hydrogen (secondary N) is 1. The van der Waals surface area contributed by atoms with Gasteiger partial charge in [-0.25, -0.2) is 4.79 Å². The minimum atomic E-state index is -1.20. The number of amides is 1. The van der Waals surface area contributed by atoms with Crippen molar-refractivity contribution in [1.82, 2.24) is 15.1 Å². The Bertz CT molecular complexity index is 436. The fourth-order valence-corrected chi connectivity index (χ4v) is 1.33. The molecule has 0 bridgehead atoms. The second-order valence-electron chi connectivity index (χ2n) is 3.78. The number of nitrogens with zero attached hydrogens (tertiary/aromatic N) is 2. The Morgan fingerprint density at radius 1 is 1.62 bits per heavy atom. The van der Waals surface area contributed by atoms with Crippen LogP contribution in [0.2, 0.25) is 0 Å². The number of aromatic carboxylic acids is 1. The van der Waals surface area contributed by atoms with E-state index in [2.05, 4.69) is 10.4 Å². The number of hydrogen-bond acceptors (Lipinski definition) is 4. The van der Waals surface area contributed by atoms with Crippen LogP contribution in [0.3, 0.4) is 0 Å². The van der Waals surface area contributed by atoms with Crippen molar-refractivity contribution in [2.24, 2.45) is 0 Å². The van der Waals surface area contributed by atoms with Gasteiger partial charge in [0.25, 0.3) is 0 Å². The molecule has 2 rings (SSSR count). The van der Waals surface area contributed by atoms with Gasteiger partial charge in [0.05, 0.1) is 5.69 Å². The number of nitrogens with two attached hydrogens (primary N) is 1. The minimum Gasteiger partial charge on any atom is -0.476 e. The van der Waals surface area contributed by atoms with Crippen LogP contribution in [0, 0.1) is 0 Å². The molecule has 1 heterocycles. The van der Waals surface area contributed by atoms with Crippen LogP contribution in [-0.4, -0.2) is 32.8 Å². The summed E-state index contributed by atoms with van der Waals surface area (Å²) in [6.07, 6.45) is 3.36. The van der Waals surface area contributed by atoms with E-state index in [-0.39, 0.29) is 29.9 Å². The van der Waals surface area contributed by atoms with Gasteiger partial charge in [0, 0.05) is 12.2 Å². The van der Waals surface area contributed by atoms with Crippen LogP contribution in [0.5, 0.6) is 0 Å². The summed E-state index contributed by atoms with van der Waals surface area (Å²) in [7, 11) is 0. The SMILES string of the molecule is Nc1cn(CC(=O)NC2CC2)nc1C(=O)O.